The first-order chi connectivity index (χ1) is 30.9. The third kappa shape index (κ3) is 6.98. The van der Waals surface area contributed by atoms with Gasteiger partial charge >= 0.3 is 0 Å². The summed E-state index contributed by atoms with van der Waals surface area (Å²) < 4.78 is 0. The summed E-state index contributed by atoms with van der Waals surface area (Å²) >= 11 is 0. The lowest BCUT2D eigenvalue weighted by atomic mass is 9.46. The van der Waals surface area contributed by atoms with Gasteiger partial charge in [0.05, 0.1) is 0 Å². The van der Waals surface area contributed by atoms with Crippen LogP contribution in [0.3, 0.4) is 0 Å². The van der Waals surface area contributed by atoms with E-state index in [2.05, 4.69) is 107 Å². The van der Waals surface area contributed by atoms with E-state index in [9.17, 15) is 0 Å². The van der Waals surface area contributed by atoms with Gasteiger partial charge in [0.25, 0.3) is 0 Å². The predicted molar refractivity (Wildman–Crippen MR) is 285 cm³/mol. The van der Waals surface area contributed by atoms with Gasteiger partial charge < -0.3 is 0 Å². The van der Waals surface area contributed by atoms with E-state index in [1.807, 2.05) is 11.1 Å². The first-order valence-electron chi connectivity index (χ1n) is 29.6. The van der Waals surface area contributed by atoms with Crippen LogP contribution in [0.15, 0.2) is 24.3 Å². The minimum atomic E-state index is -0.121. The second-order valence-corrected chi connectivity index (χ2v) is 39.4. The van der Waals surface area contributed by atoms with Crippen LogP contribution in [0.2, 0.25) is 0 Å². The Kier molecular flexibility index (Phi) is 10.3. The third-order valence-electron chi connectivity index (χ3n) is 25.0. The Hall–Kier alpha value is 0.0800. The normalized spacial score (nSPS) is 51.6. The van der Waals surface area contributed by atoms with Crippen molar-refractivity contribution in [2.24, 2.45) is 116 Å². The molecule has 16 fully saturated rings. The lowest BCUT2D eigenvalue weighted by Crippen LogP contribution is -2.62. The van der Waals surface area contributed by atoms with Gasteiger partial charge in [-0.15, -0.1) is 0 Å². The van der Waals surface area contributed by atoms with E-state index in [4.69, 9.17) is 0 Å². The van der Waals surface area contributed by atoms with Crippen LogP contribution in [0.1, 0.15) is 223 Å². The van der Waals surface area contributed by atoms with Gasteiger partial charge in [0.15, 0.2) is 0 Å². The standard InChI is InChI=1S/C64H100P2/c1-57(2,3)53-45-17-39-18-46(53)30-61(25-39,29-45)65(62-26-40-19-47(31-62)54(58(4,5)6)48(20-40)32-62)37-43-15-13-14-16-44(43)38-66(63-27-41-21-49(33-63)55(59(7,8)9)50(22-41)34-63)64-28-42-23-51(35-64)56(60(10,11)12)52(24-42)36-64/h13-16,39-42,45-56H,17-38H2,1-12H3. The summed E-state index contributed by atoms with van der Waals surface area (Å²) in [6, 6.07) is 10.8. The molecule has 0 N–H and O–H groups in total. The lowest BCUT2D eigenvalue weighted by Gasteiger charge is -2.71. The topological polar surface area (TPSA) is 0 Å². The van der Waals surface area contributed by atoms with Crippen LogP contribution in [0.4, 0.5) is 0 Å². The zero-order valence-electron chi connectivity index (χ0n) is 45.0. The van der Waals surface area contributed by atoms with Gasteiger partial charge in [-0.1, -0.05) is 123 Å². The van der Waals surface area contributed by atoms with E-state index in [1.165, 1.54) is 12.3 Å². The highest BCUT2D eigenvalue weighted by atomic mass is 31.1. The number of rotatable bonds is 8. The molecule has 17 rings (SSSR count). The Labute approximate surface area is 410 Å². The molecule has 16 aliphatic rings. The second kappa shape index (κ2) is 14.9. The maximum absolute atomic E-state index is 2.82. The molecule has 0 aliphatic heterocycles. The van der Waals surface area contributed by atoms with Crippen molar-refractivity contribution in [2.45, 2.75) is 244 Å². The molecule has 1 aromatic carbocycles. The minimum absolute atomic E-state index is 0.121. The molecule has 66 heavy (non-hydrogen) atoms. The van der Waals surface area contributed by atoms with Crippen molar-refractivity contribution in [1.82, 2.24) is 0 Å². The van der Waals surface area contributed by atoms with Crippen LogP contribution in [-0.4, -0.2) is 20.6 Å². The Morgan fingerprint density at radius 2 is 0.530 bits per heavy atom. The molecule has 0 radical (unpaired) electrons. The van der Waals surface area contributed by atoms with Gasteiger partial charge in [0.1, 0.15) is 0 Å². The van der Waals surface area contributed by atoms with Crippen LogP contribution in [-0.2, 0) is 12.3 Å². The Balaban J connectivity index is 0.905. The van der Waals surface area contributed by atoms with E-state index in [-0.39, 0.29) is 15.8 Å². The SMILES string of the molecule is CC(C)(C)C1C2CC3CC1CC(P(Cc1ccccc1CP(C14CC5CC(C1)C(C(C)(C)C)C(C5)C4)C14CC5CC(C1)C(C(C)(C)C)C(C5)C4)C14CC5CC(C1)C(C(C)(C)C)C(C5)C4)(C3)C2. The van der Waals surface area contributed by atoms with Crippen molar-refractivity contribution < 1.29 is 0 Å². The summed E-state index contributed by atoms with van der Waals surface area (Å²) in [5, 5.41) is 2.60. The molecular formula is C64H100P2. The molecule has 0 heterocycles. The first kappa shape index (κ1) is 45.9. The third-order valence-corrected chi connectivity index (χ3v) is 33.1. The van der Waals surface area contributed by atoms with Crippen molar-refractivity contribution in [1.29, 1.82) is 0 Å². The van der Waals surface area contributed by atoms with E-state index in [0.29, 0.717) is 42.3 Å². The minimum Gasteiger partial charge on any atom is -0.0894 e. The molecule has 0 spiro atoms. The fourth-order valence-corrected chi connectivity index (χ4v) is 36.0. The first-order valence-corrected chi connectivity index (χ1v) is 32.6. The van der Waals surface area contributed by atoms with Gasteiger partial charge in [0.2, 0.25) is 0 Å². The molecule has 0 aromatic heterocycles. The molecule has 8 atom stereocenters. The monoisotopic (exact) mass is 931 g/mol. The molecule has 2 heteroatoms. The molecule has 8 unspecified atom stereocenters. The fourth-order valence-electron chi connectivity index (χ4n) is 25.8. The van der Waals surface area contributed by atoms with Crippen molar-refractivity contribution in [3.63, 3.8) is 0 Å². The van der Waals surface area contributed by atoms with Gasteiger partial charge in [-0.2, -0.15) is 0 Å². The Morgan fingerprint density at radius 1 is 0.333 bits per heavy atom. The maximum Gasteiger partial charge on any atom is -0.00603 e. The quantitative estimate of drug-likeness (QED) is 0.228. The van der Waals surface area contributed by atoms with E-state index in [0.717, 1.165) is 94.7 Å². The molecule has 16 aliphatic carbocycles. The predicted octanol–water partition coefficient (Wildman–Crippen LogP) is 18.6. The average Bonchev–Trinajstić information content (AvgIpc) is 3.15. The molecule has 1 aromatic rings. The Morgan fingerprint density at radius 3 is 0.712 bits per heavy atom. The zero-order chi connectivity index (χ0) is 45.9. The number of hydrogen-bond donors (Lipinski definition) is 0. The van der Waals surface area contributed by atoms with Gasteiger partial charge in [-0.25, -0.2) is 0 Å². The van der Waals surface area contributed by atoms with E-state index in [1.54, 1.807) is 128 Å². The zero-order valence-corrected chi connectivity index (χ0v) is 46.8. The summed E-state index contributed by atoms with van der Waals surface area (Å²) in [7, 11) is -0.242. The van der Waals surface area contributed by atoms with Crippen LogP contribution >= 0.6 is 15.8 Å². The molecule has 0 amide bonds. The molecular weight excluding hydrogens is 831 g/mol. The molecule has 16 saturated carbocycles. The van der Waals surface area contributed by atoms with Gasteiger partial charge in [-0.05, 0) is 289 Å². The van der Waals surface area contributed by atoms with E-state index < -0.39 is 0 Å². The number of benzene rings is 1. The molecule has 16 bridgehead atoms. The van der Waals surface area contributed by atoms with Gasteiger partial charge in [-0.3, -0.25) is 0 Å². The highest BCUT2D eigenvalue weighted by Crippen LogP contribution is 2.84. The van der Waals surface area contributed by atoms with Crippen LogP contribution in [0.5, 0.6) is 0 Å². The lowest BCUT2D eigenvalue weighted by molar-refractivity contribution is -0.0818. The molecule has 0 nitrogen and oxygen atoms in total. The Bertz CT molecular complexity index is 1720. The summed E-state index contributed by atoms with van der Waals surface area (Å²) in [4.78, 5) is 0. The summed E-state index contributed by atoms with van der Waals surface area (Å²) in [6.45, 7) is 31.8. The van der Waals surface area contributed by atoms with Crippen molar-refractivity contribution in [3.8, 4) is 0 Å². The number of hydrogen-bond acceptors (Lipinski definition) is 0. The highest BCUT2D eigenvalue weighted by molar-refractivity contribution is 7.60. The maximum atomic E-state index is 2.82. The molecule has 366 valence electrons. The highest BCUT2D eigenvalue weighted by Gasteiger charge is 2.69. The van der Waals surface area contributed by atoms with Crippen molar-refractivity contribution in [2.75, 3.05) is 0 Å². The summed E-state index contributed by atoms with van der Waals surface area (Å²) in [5.41, 5.74) is 5.71. The average molecular weight is 931 g/mol. The van der Waals surface area contributed by atoms with E-state index >= 15 is 0 Å². The molecule has 0 saturated heterocycles. The van der Waals surface area contributed by atoms with Crippen LogP contribution < -0.4 is 0 Å². The summed E-state index contributed by atoms with van der Waals surface area (Å²) in [5.74, 6) is 16.0. The van der Waals surface area contributed by atoms with Crippen molar-refractivity contribution in [3.05, 3.63) is 35.4 Å². The fraction of sp³-hybridized carbons (Fsp3) is 0.906. The van der Waals surface area contributed by atoms with Crippen LogP contribution in [0.25, 0.3) is 0 Å². The second-order valence-electron chi connectivity index (χ2n) is 33.3. The van der Waals surface area contributed by atoms with Crippen LogP contribution in [0, 0.1) is 116 Å². The largest absolute Gasteiger partial charge is 0.0894 e. The van der Waals surface area contributed by atoms with Crippen molar-refractivity contribution >= 4 is 15.8 Å². The smallest absolute Gasteiger partial charge is 0.00603 e. The van der Waals surface area contributed by atoms with Gasteiger partial charge in [0, 0.05) is 0 Å². The summed E-state index contributed by atoms with van der Waals surface area (Å²) in [6.07, 6.45) is 35.2.